The molecule has 0 aliphatic carbocycles. The molecular weight excluding hydrogens is 354 g/mol. The van der Waals surface area contributed by atoms with Crippen LogP contribution in [0.3, 0.4) is 0 Å². The molecule has 26 heavy (non-hydrogen) atoms. The number of sulfonamides is 1. The maximum Gasteiger partial charge on any atom is 0.258 e. The van der Waals surface area contributed by atoms with Crippen LogP contribution in [-0.2, 0) is 21.4 Å². The molecule has 0 aliphatic heterocycles. The molecule has 134 valence electrons. The molecule has 2 aromatic carbocycles. The van der Waals surface area contributed by atoms with Crippen molar-refractivity contribution in [3.63, 3.8) is 0 Å². The van der Waals surface area contributed by atoms with E-state index in [2.05, 4.69) is 4.98 Å². The van der Waals surface area contributed by atoms with Crippen LogP contribution in [0.4, 0.5) is 0 Å². The summed E-state index contributed by atoms with van der Waals surface area (Å²) in [6.07, 6.45) is 3.09. The molecule has 0 saturated heterocycles. The lowest BCUT2D eigenvalue weighted by Crippen LogP contribution is -2.39. The number of hydroxylamine groups is 1. The van der Waals surface area contributed by atoms with Gasteiger partial charge in [0.15, 0.2) is 0 Å². The first-order valence-corrected chi connectivity index (χ1v) is 9.25. The van der Waals surface area contributed by atoms with Crippen LogP contribution in [0.15, 0.2) is 71.9 Å². The molecule has 0 bridgehead atoms. The topological polar surface area (TPSA) is 99.6 Å². The summed E-state index contributed by atoms with van der Waals surface area (Å²) in [5.74, 6) is -0.816. The predicted molar refractivity (Wildman–Crippen MR) is 95.7 cm³/mol. The Morgan fingerprint density at radius 2 is 1.73 bits per heavy atom. The van der Waals surface area contributed by atoms with Crippen LogP contribution in [0.1, 0.15) is 5.56 Å². The van der Waals surface area contributed by atoms with E-state index in [1.165, 1.54) is 11.5 Å². The van der Waals surface area contributed by atoms with E-state index in [1.54, 1.807) is 36.7 Å². The standard InChI is InChI=1S/C18H17N3O4S/c22-18(20-23)13-21(12-14-7-9-19-10-8-14)26(24,25)17-6-5-15-3-1-2-4-16(15)11-17/h1-11,23H,12-13H2,(H,20,22). The highest BCUT2D eigenvalue weighted by Crippen LogP contribution is 2.23. The molecule has 0 saturated carbocycles. The summed E-state index contributed by atoms with van der Waals surface area (Å²) < 4.78 is 27.2. The second kappa shape index (κ2) is 7.61. The summed E-state index contributed by atoms with van der Waals surface area (Å²) >= 11 is 0. The molecule has 3 rings (SSSR count). The van der Waals surface area contributed by atoms with Crippen LogP contribution in [0, 0.1) is 0 Å². The van der Waals surface area contributed by atoms with Crippen molar-refractivity contribution < 1.29 is 18.4 Å². The number of carbonyl (C=O) groups excluding carboxylic acids is 1. The van der Waals surface area contributed by atoms with E-state index < -0.39 is 22.5 Å². The Labute approximate surface area is 150 Å². The average Bonchev–Trinajstić information content (AvgIpc) is 2.67. The molecule has 8 heteroatoms. The normalized spacial score (nSPS) is 11.6. The van der Waals surface area contributed by atoms with E-state index in [4.69, 9.17) is 5.21 Å². The summed E-state index contributed by atoms with van der Waals surface area (Å²) in [6.45, 7) is -0.529. The van der Waals surface area contributed by atoms with Crippen molar-refractivity contribution in [2.75, 3.05) is 6.54 Å². The van der Waals surface area contributed by atoms with Crippen LogP contribution in [0.25, 0.3) is 10.8 Å². The fraction of sp³-hybridized carbons (Fsp3) is 0.111. The predicted octanol–water partition coefficient (Wildman–Crippen LogP) is 1.93. The Morgan fingerprint density at radius 3 is 2.42 bits per heavy atom. The number of fused-ring (bicyclic) bond motifs is 1. The third-order valence-electron chi connectivity index (χ3n) is 3.91. The summed E-state index contributed by atoms with van der Waals surface area (Å²) in [6, 6.07) is 15.5. The molecule has 0 aliphatic rings. The summed E-state index contributed by atoms with van der Waals surface area (Å²) in [5.41, 5.74) is 2.15. The molecule has 2 N–H and O–H groups in total. The monoisotopic (exact) mass is 371 g/mol. The van der Waals surface area contributed by atoms with E-state index in [1.807, 2.05) is 24.3 Å². The number of hydrogen-bond donors (Lipinski definition) is 2. The van der Waals surface area contributed by atoms with Gasteiger partial charge in [-0.25, -0.2) is 13.9 Å². The van der Waals surface area contributed by atoms with Crippen LogP contribution in [0.2, 0.25) is 0 Å². The molecular formula is C18H17N3O4S. The van der Waals surface area contributed by atoms with Crippen molar-refractivity contribution in [2.45, 2.75) is 11.4 Å². The smallest absolute Gasteiger partial charge is 0.258 e. The van der Waals surface area contributed by atoms with Gasteiger partial charge in [0.25, 0.3) is 5.91 Å². The first-order valence-electron chi connectivity index (χ1n) is 7.81. The number of rotatable bonds is 6. The van der Waals surface area contributed by atoms with E-state index in [-0.39, 0.29) is 11.4 Å². The Bertz CT molecular complexity index is 1020. The molecule has 0 spiro atoms. The molecule has 1 amide bonds. The third-order valence-corrected chi connectivity index (χ3v) is 5.70. The number of aromatic nitrogens is 1. The van der Waals surface area contributed by atoms with E-state index in [9.17, 15) is 13.2 Å². The van der Waals surface area contributed by atoms with Crippen molar-refractivity contribution >= 4 is 26.7 Å². The van der Waals surface area contributed by atoms with Gasteiger partial charge >= 0.3 is 0 Å². The SMILES string of the molecule is O=C(CN(Cc1ccncc1)S(=O)(=O)c1ccc2ccccc2c1)NO. The van der Waals surface area contributed by atoms with Crippen LogP contribution in [-0.4, -0.2) is 35.4 Å². The van der Waals surface area contributed by atoms with Gasteiger partial charge in [0.2, 0.25) is 10.0 Å². The maximum absolute atomic E-state index is 13.1. The lowest BCUT2D eigenvalue weighted by molar-refractivity contribution is -0.129. The number of nitrogens with one attached hydrogen (secondary N) is 1. The van der Waals surface area contributed by atoms with Gasteiger partial charge in [-0.05, 0) is 40.6 Å². The molecule has 0 radical (unpaired) electrons. The minimum atomic E-state index is -3.95. The zero-order chi connectivity index (χ0) is 18.6. The first-order chi connectivity index (χ1) is 12.5. The highest BCUT2D eigenvalue weighted by atomic mass is 32.2. The molecule has 3 aromatic rings. The molecule has 0 atom stereocenters. The minimum absolute atomic E-state index is 0.0227. The highest BCUT2D eigenvalue weighted by Gasteiger charge is 2.27. The lowest BCUT2D eigenvalue weighted by atomic mass is 10.1. The van der Waals surface area contributed by atoms with Crippen molar-refractivity contribution in [1.29, 1.82) is 0 Å². The lowest BCUT2D eigenvalue weighted by Gasteiger charge is -2.21. The van der Waals surface area contributed by atoms with Crippen molar-refractivity contribution in [3.05, 3.63) is 72.6 Å². The zero-order valence-electron chi connectivity index (χ0n) is 13.7. The quantitative estimate of drug-likeness (QED) is 0.509. The fourth-order valence-corrected chi connectivity index (χ4v) is 4.01. The number of carbonyl (C=O) groups is 1. The Balaban J connectivity index is 2.00. The number of hydrogen-bond acceptors (Lipinski definition) is 5. The highest BCUT2D eigenvalue weighted by molar-refractivity contribution is 7.89. The molecule has 0 unspecified atom stereocenters. The molecule has 1 aromatic heterocycles. The number of benzene rings is 2. The van der Waals surface area contributed by atoms with Crippen LogP contribution < -0.4 is 5.48 Å². The summed E-state index contributed by atoms with van der Waals surface area (Å²) in [4.78, 5) is 15.6. The van der Waals surface area contributed by atoms with Crippen molar-refractivity contribution in [3.8, 4) is 0 Å². The minimum Gasteiger partial charge on any atom is -0.289 e. The third kappa shape index (κ3) is 3.88. The molecule has 7 nitrogen and oxygen atoms in total. The van der Waals surface area contributed by atoms with Gasteiger partial charge in [-0.15, -0.1) is 0 Å². The summed E-state index contributed by atoms with van der Waals surface area (Å²) in [7, 11) is -3.95. The number of nitrogens with zero attached hydrogens (tertiary/aromatic N) is 2. The van der Waals surface area contributed by atoms with E-state index in [0.717, 1.165) is 15.1 Å². The van der Waals surface area contributed by atoms with Gasteiger partial charge in [0.05, 0.1) is 11.4 Å². The molecule has 1 heterocycles. The number of pyridine rings is 1. The Kier molecular flexibility index (Phi) is 5.27. The summed E-state index contributed by atoms with van der Waals surface area (Å²) in [5, 5.41) is 10.5. The van der Waals surface area contributed by atoms with Gasteiger partial charge in [0.1, 0.15) is 0 Å². The Hall–Kier alpha value is -2.81. The van der Waals surface area contributed by atoms with E-state index in [0.29, 0.717) is 5.56 Å². The van der Waals surface area contributed by atoms with Gasteiger partial charge in [-0.3, -0.25) is 15.0 Å². The second-order valence-corrected chi connectivity index (χ2v) is 7.61. The van der Waals surface area contributed by atoms with Gasteiger partial charge < -0.3 is 0 Å². The Morgan fingerprint density at radius 1 is 1.04 bits per heavy atom. The average molecular weight is 371 g/mol. The largest absolute Gasteiger partial charge is 0.289 e. The van der Waals surface area contributed by atoms with Gasteiger partial charge in [0, 0.05) is 18.9 Å². The van der Waals surface area contributed by atoms with Crippen molar-refractivity contribution in [1.82, 2.24) is 14.8 Å². The van der Waals surface area contributed by atoms with Crippen LogP contribution >= 0.6 is 0 Å². The second-order valence-electron chi connectivity index (χ2n) is 5.67. The van der Waals surface area contributed by atoms with Crippen LogP contribution in [0.5, 0.6) is 0 Å². The van der Waals surface area contributed by atoms with Crippen molar-refractivity contribution in [2.24, 2.45) is 0 Å². The van der Waals surface area contributed by atoms with Gasteiger partial charge in [-0.2, -0.15) is 4.31 Å². The fourth-order valence-electron chi connectivity index (χ4n) is 2.59. The first kappa shape index (κ1) is 18.0. The van der Waals surface area contributed by atoms with E-state index >= 15 is 0 Å². The van der Waals surface area contributed by atoms with Gasteiger partial charge in [-0.1, -0.05) is 30.3 Å². The zero-order valence-corrected chi connectivity index (χ0v) is 14.6. The molecule has 0 fully saturated rings. The maximum atomic E-state index is 13.1. The number of amides is 1.